The van der Waals surface area contributed by atoms with Crippen LogP contribution in [0.5, 0.6) is 0 Å². The highest BCUT2D eigenvalue weighted by Crippen LogP contribution is 2.10. The molecule has 1 fully saturated rings. The molecule has 1 rings (SSSR count). The maximum atomic E-state index is 11.5. The van der Waals surface area contributed by atoms with E-state index in [1.807, 2.05) is 0 Å². The van der Waals surface area contributed by atoms with Crippen molar-refractivity contribution in [3.8, 4) is 0 Å². The van der Waals surface area contributed by atoms with Crippen LogP contribution in [-0.2, 0) is 19.1 Å². The Balaban J connectivity index is 2.30. The molecule has 1 amide bonds. The van der Waals surface area contributed by atoms with Crippen LogP contribution < -0.4 is 0 Å². The predicted molar refractivity (Wildman–Crippen MR) is 66.1 cm³/mol. The van der Waals surface area contributed by atoms with E-state index < -0.39 is 0 Å². The molecule has 0 N–H and O–H groups in total. The molecular formula is C12H22N2O4. The van der Waals surface area contributed by atoms with Crippen molar-refractivity contribution >= 4 is 11.9 Å². The van der Waals surface area contributed by atoms with Gasteiger partial charge in [0.2, 0.25) is 5.91 Å². The first-order valence-corrected chi connectivity index (χ1v) is 6.14. The number of methoxy groups -OCH3 is 1. The molecule has 0 saturated carbocycles. The zero-order chi connectivity index (χ0) is 13.5. The summed E-state index contributed by atoms with van der Waals surface area (Å²) in [5, 5.41) is 0. The van der Waals surface area contributed by atoms with Crippen molar-refractivity contribution in [2.24, 2.45) is 0 Å². The highest BCUT2D eigenvalue weighted by Gasteiger charge is 2.23. The first-order valence-electron chi connectivity index (χ1n) is 6.14. The number of carbonyl (C=O) groups is 2. The third-order valence-corrected chi connectivity index (χ3v) is 2.99. The number of hydrogen-bond donors (Lipinski definition) is 0. The average molecular weight is 258 g/mol. The van der Waals surface area contributed by atoms with E-state index >= 15 is 0 Å². The van der Waals surface area contributed by atoms with Crippen LogP contribution in [0.2, 0.25) is 0 Å². The molecule has 1 unspecified atom stereocenters. The minimum atomic E-state index is -0.258. The maximum Gasteiger partial charge on any atom is 0.308 e. The highest BCUT2D eigenvalue weighted by molar-refractivity contribution is 5.75. The second kappa shape index (κ2) is 7.33. The Hall–Kier alpha value is -1.14. The molecule has 6 nitrogen and oxygen atoms in total. The quantitative estimate of drug-likeness (QED) is 0.635. The van der Waals surface area contributed by atoms with E-state index in [4.69, 9.17) is 4.74 Å². The number of hydrogen-bond acceptors (Lipinski definition) is 5. The molecule has 1 saturated heterocycles. The zero-order valence-corrected chi connectivity index (χ0v) is 11.3. The Bertz CT molecular complexity index is 294. The first-order chi connectivity index (χ1) is 8.52. The number of morpholine rings is 1. The second-order valence-corrected chi connectivity index (χ2v) is 4.61. The van der Waals surface area contributed by atoms with Crippen molar-refractivity contribution in [2.45, 2.75) is 18.9 Å². The van der Waals surface area contributed by atoms with Crippen LogP contribution in [0.3, 0.4) is 0 Å². The van der Waals surface area contributed by atoms with Crippen LogP contribution >= 0.6 is 0 Å². The maximum absolute atomic E-state index is 11.5. The van der Waals surface area contributed by atoms with Gasteiger partial charge < -0.3 is 14.4 Å². The second-order valence-electron chi connectivity index (χ2n) is 4.61. The van der Waals surface area contributed by atoms with Gasteiger partial charge in [0.1, 0.15) is 0 Å². The van der Waals surface area contributed by atoms with E-state index in [9.17, 15) is 9.59 Å². The van der Waals surface area contributed by atoms with Gasteiger partial charge in [-0.05, 0) is 0 Å². The summed E-state index contributed by atoms with van der Waals surface area (Å²) in [5.41, 5.74) is 0. The van der Waals surface area contributed by atoms with Crippen molar-refractivity contribution in [3.05, 3.63) is 0 Å². The number of rotatable bonds is 5. The smallest absolute Gasteiger partial charge is 0.308 e. The summed E-state index contributed by atoms with van der Waals surface area (Å²) in [6.45, 7) is 2.78. The SMILES string of the molecule is COC(=O)CC1CN(CCC(=O)N(C)C)CCO1. The van der Waals surface area contributed by atoms with Gasteiger partial charge in [-0.1, -0.05) is 0 Å². The van der Waals surface area contributed by atoms with Crippen LogP contribution in [0.4, 0.5) is 0 Å². The molecule has 1 aliphatic heterocycles. The molecule has 6 heteroatoms. The van der Waals surface area contributed by atoms with Gasteiger partial charge in [0.15, 0.2) is 0 Å². The fourth-order valence-electron chi connectivity index (χ4n) is 1.85. The van der Waals surface area contributed by atoms with E-state index in [-0.39, 0.29) is 24.4 Å². The highest BCUT2D eigenvalue weighted by atomic mass is 16.5. The Morgan fingerprint density at radius 1 is 1.44 bits per heavy atom. The van der Waals surface area contributed by atoms with Gasteiger partial charge in [-0.25, -0.2) is 0 Å². The summed E-state index contributed by atoms with van der Waals surface area (Å²) in [4.78, 5) is 26.4. The monoisotopic (exact) mass is 258 g/mol. The average Bonchev–Trinajstić information content (AvgIpc) is 2.36. The summed E-state index contributed by atoms with van der Waals surface area (Å²) in [6, 6.07) is 0. The summed E-state index contributed by atoms with van der Waals surface area (Å²) in [6.07, 6.45) is 0.646. The van der Waals surface area contributed by atoms with Gasteiger partial charge >= 0.3 is 5.97 Å². The van der Waals surface area contributed by atoms with Gasteiger partial charge in [-0.2, -0.15) is 0 Å². The molecule has 104 valence electrons. The summed E-state index contributed by atoms with van der Waals surface area (Å²) >= 11 is 0. The van der Waals surface area contributed by atoms with E-state index in [0.717, 1.165) is 6.54 Å². The zero-order valence-electron chi connectivity index (χ0n) is 11.3. The minimum Gasteiger partial charge on any atom is -0.469 e. The largest absolute Gasteiger partial charge is 0.469 e. The molecule has 0 spiro atoms. The molecule has 1 heterocycles. The van der Waals surface area contributed by atoms with Gasteiger partial charge in [0, 0.05) is 40.2 Å². The Morgan fingerprint density at radius 3 is 2.78 bits per heavy atom. The Morgan fingerprint density at radius 2 is 2.17 bits per heavy atom. The normalized spacial score (nSPS) is 20.5. The molecule has 18 heavy (non-hydrogen) atoms. The van der Waals surface area contributed by atoms with Crippen molar-refractivity contribution in [2.75, 3.05) is 47.4 Å². The standard InChI is InChI=1S/C12H22N2O4/c1-13(2)11(15)4-5-14-6-7-18-10(9-14)8-12(16)17-3/h10H,4-9H2,1-3H3. The lowest BCUT2D eigenvalue weighted by molar-refractivity contribution is -0.146. The van der Waals surface area contributed by atoms with Gasteiger partial charge in [0.25, 0.3) is 0 Å². The van der Waals surface area contributed by atoms with Crippen LogP contribution in [0, 0.1) is 0 Å². The molecule has 0 bridgehead atoms. The summed E-state index contributed by atoms with van der Waals surface area (Å²) in [5.74, 6) is -0.141. The van der Waals surface area contributed by atoms with Crippen molar-refractivity contribution in [3.63, 3.8) is 0 Å². The number of ether oxygens (including phenoxy) is 2. The first kappa shape index (κ1) is 14.9. The van der Waals surface area contributed by atoms with E-state index in [0.29, 0.717) is 26.1 Å². The molecule has 1 aliphatic rings. The van der Waals surface area contributed by atoms with Crippen molar-refractivity contribution in [1.82, 2.24) is 9.80 Å². The van der Waals surface area contributed by atoms with E-state index in [1.165, 1.54) is 7.11 Å². The fraction of sp³-hybridized carbons (Fsp3) is 0.833. The van der Waals surface area contributed by atoms with Gasteiger partial charge in [0.05, 0.1) is 26.2 Å². The fourth-order valence-corrected chi connectivity index (χ4v) is 1.85. The molecule has 0 aliphatic carbocycles. The molecule has 0 aromatic heterocycles. The number of carbonyl (C=O) groups excluding carboxylic acids is 2. The van der Waals surface area contributed by atoms with Crippen LogP contribution in [0.25, 0.3) is 0 Å². The summed E-state index contributed by atoms with van der Waals surface area (Å²) < 4.78 is 10.1. The predicted octanol–water partition coefficient (Wildman–Crippen LogP) is -0.271. The van der Waals surface area contributed by atoms with Gasteiger partial charge in [-0.3, -0.25) is 14.5 Å². The lowest BCUT2D eigenvalue weighted by Crippen LogP contribution is -2.44. The molecule has 0 aromatic rings. The Labute approximate surface area is 108 Å². The molecule has 0 aromatic carbocycles. The number of amides is 1. The van der Waals surface area contributed by atoms with E-state index in [2.05, 4.69) is 9.64 Å². The van der Waals surface area contributed by atoms with E-state index in [1.54, 1.807) is 19.0 Å². The molecular weight excluding hydrogens is 236 g/mol. The van der Waals surface area contributed by atoms with Crippen LogP contribution in [0.15, 0.2) is 0 Å². The topological polar surface area (TPSA) is 59.1 Å². The molecule has 0 radical (unpaired) electrons. The third-order valence-electron chi connectivity index (χ3n) is 2.99. The summed E-state index contributed by atoms with van der Waals surface area (Å²) in [7, 11) is 4.88. The van der Waals surface area contributed by atoms with Gasteiger partial charge in [-0.15, -0.1) is 0 Å². The van der Waals surface area contributed by atoms with Crippen molar-refractivity contribution < 1.29 is 19.1 Å². The van der Waals surface area contributed by atoms with Crippen LogP contribution in [-0.4, -0.2) is 75.2 Å². The van der Waals surface area contributed by atoms with Crippen molar-refractivity contribution in [1.29, 1.82) is 0 Å². The lowest BCUT2D eigenvalue weighted by Gasteiger charge is -2.32. The third kappa shape index (κ3) is 5.01. The minimum absolute atomic E-state index is 0.117. The number of nitrogens with zero attached hydrogens (tertiary/aromatic N) is 2. The Kier molecular flexibility index (Phi) is 6.07. The lowest BCUT2D eigenvalue weighted by atomic mass is 10.2. The number of esters is 1. The molecule has 1 atom stereocenters. The van der Waals surface area contributed by atoms with Crippen LogP contribution in [0.1, 0.15) is 12.8 Å².